The lowest BCUT2D eigenvalue weighted by Crippen LogP contribution is -1.68. The van der Waals surface area contributed by atoms with Crippen LogP contribution in [0.3, 0.4) is 0 Å². The lowest BCUT2D eigenvalue weighted by molar-refractivity contribution is 0.633. The first-order chi connectivity index (χ1) is 5.86. The van der Waals surface area contributed by atoms with Crippen molar-refractivity contribution in [2.75, 3.05) is 0 Å². The predicted octanol–water partition coefficient (Wildman–Crippen LogP) is 3.55. The van der Waals surface area contributed by atoms with Crippen molar-refractivity contribution < 1.29 is 4.39 Å². The highest BCUT2D eigenvalue weighted by molar-refractivity contribution is 7.13. The zero-order valence-electron chi connectivity index (χ0n) is 6.33. The fourth-order valence-corrected chi connectivity index (χ4v) is 1.83. The Balaban J connectivity index is 2.45. The topological polar surface area (TPSA) is 0 Å². The van der Waals surface area contributed by atoms with E-state index in [0.717, 1.165) is 10.4 Å². The number of benzene rings is 1. The molecule has 0 aliphatic heterocycles. The van der Waals surface area contributed by atoms with Gasteiger partial charge in [0, 0.05) is 10.3 Å². The van der Waals surface area contributed by atoms with Crippen LogP contribution in [0, 0.1) is 5.82 Å². The largest absolute Gasteiger partial charge is 0.206 e. The maximum atomic E-state index is 12.6. The van der Waals surface area contributed by atoms with E-state index in [1.54, 1.807) is 6.07 Å². The molecular formula is C10H7FS. The van der Waals surface area contributed by atoms with Crippen molar-refractivity contribution in [1.29, 1.82) is 0 Å². The summed E-state index contributed by atoms with van der Waals surface area (Å²) < 4.78 is 12.6. The van der Waals surface area contributed by atoms with Crippen LogP contribution in [0.25, 0.3) is 10.4 Å². The highest BCUT2D eigenvalue weighted by Gasteiger charge is 1.99. The normalized spacial score (nSPS) is 10.1. The Morgan fingerprint density at radius 1 is 1.08 bits per heavy atom. The molecule has 60 valence electrons. The van der Waals surface area contributed by atoms with E-state index >= 15 is 0 Å². The van der Waals surface area contributed by atoms with Crippen molar-refractivity contribution in [2.24, 2.45) is 0 Å². The number of halogens is 1. The van der Waals surface area contributed by atoms with E-state index in [1.807, 2.05) is 30.3 Å². The minimum atomic E-state index is -0.154. The molecule has 0 unspecified atom stereocenters. The average molecular weight is 178 g/mol. The summed E-state index contributed by atoms with van der Waals surface area (Å²) in [5.74, 6) is -0.154. The molecule has 0 nitrogen and oxygen atoms in total. The molecule has 0 aliphatic rings. The molecule has 0 radical (unpaired) electrons. The van der Waals surface area contributed by atoms with Crippen molar-refractivity contribution in [3.63, 3.8) is 0 Å². The summed E-state index contributed by atoms with van der Waals surface area (Å²) in [4.78, 5) is 0.980. The van der Waals surface area contributed by atoms with Crippen molar-refractivity contribution in [1.82, 2.24) is 0 Å². The Labute approximate surface area is 74.3 Å². The van der Waals surface area contributed by atoms with Gasteiger partial charge in [0.2, 0.25) is 0 Å². The fraction of sp³-hybridized carbons (Fsp3) is 0. The van der Waals surface area contributed by atoms with Crippen LogP contribution in [-0.4, -0.2) is 0 Å². The van der Waals surface area contributed by atoms with E-state index in [-0.39, 0.29) is 5.82 Å². The Morgan fingerprint density at radius 3 is 2.42 bits per heavy atom. The second kappa shape index (κ2) is 3.07. The maximum absolute atomic E-state index is 12.6. The number of thiophene rings is 1. The van der Waals surface area contributed by atoms with Gasteiger partial charge in [-0.25, -0.2) is 4.39 Å². The number of rotatable bonds is 1. The summed E-state index contributed by atoms with van der Waals surface area (Å²) in [7, 11) is 0. The second-order valence-electron chi connectivity index (χ2n) is 2.50. The molecule has 0 aliphatic carbocycles. The summed E-state index contributed by atoms with van der Waals surface area (Å²) in [5, 5.41) is 1.52. The highest BCUT2D eigenvalue weighted by atomic mass is 32.1. The Bertz CT molecular complexity index is 364. The van der Waals surface area contributed by atoms with Gasteiger partial charge < -0.3 is 0 Å². The maximum Gasteiger partial charge on any atom is 0.134 e. The third-order valence-corrected chi connectivity index (χ3v) is 2.58. The zero-order valence-corrected chi connectivity index (χ0v) is 7.14. The van der Waals surface area contributed by atoms with Gasteiger partial charge in [-0.2, -0.15) is 0 Å². The van der Waals surface area contributed by atoms with E-state index in [9.17, 15) is 4.39 Å². The summed E-state index contributed by atoms with van der Waals surface area (Å²) in [5.41, 5.74) is 1.08. The molecule has 1 aromatic heterocycles. The molecule has 0 bridgehead atoms. The summed E-state index contributed by atoms with van der Waals surface area (Å²) >= 11 is 1.43. The standard InChI is InChI=1S/C10H7FS/c11-9-6-10(12-7-9)8-4-2-1-3-5-8/h1-7H. The van der Waals surface area contributed by atoms with Crippen molar-refractivity contribution in [3.05, 3.63) is 47.6 Å². The average Bonchev–Trinajstić information content (AvgIpc) is 2.54. The van der Waals surface area contributed by atoms with Crippen molar-refractivity contribution >= 4 is 11.3 Å². The van der Waals surface area contributed by atoms with Gasteiger partial charge in [-0.1, -0.05) is 30.3 Å². The van der Waals surface area contributed by atoms with Gasteiger partial charge in [0.25, 0.3) is 0 Å². The molecule has 12 heavy (non-hydrogen) atoms. The van der Waals surface area contributed by atoms with E-state index in [0.29, 0.717) is 0 Å². The minimum absolute atomic E-state index is 0.154. The minimum Gasteiger partial charge on any atom is -0.206 e. The molecular weight excluding hydrogens is 171 g/mol. The first kappa shape index (κ1) is 7.50. The third kappa shape index (κ3) is 1.38. The van der Waals surface area contributed by atoms with Gasteiger partial charge in [-0.15, -0.1) is 11.3 Å². The second-order valence-corrected chi connectivity index (χ2v) is 3.41. The molecule has 0 atom stereocenters. The summed E-state index contributed by atoms with van der Waals surface area (Å²) in [6.45, 7) is 0. The van der Waals surface area contributed by atoms with Crippen LogP contribution in [-0.2, 0) is 0 Å². The molecule has 0 saturated carbocycles. The molecule has 0 N–H and O–H groups in total. The molecule has 1 aromatic carbocycles. The lowest BCUT2D eigenvalue weighted by Gasteiger charge is -1.93. The number of hydrogen-bond acceptors (Lipinski definition) is 1. The molecule has 0 amide bonds. The Kier molecular flexibility index (Phi) is 1.92. The monoisotopic (exact) mass is 178 g/mol. The highest BCUT2D eigenvalue weighted by Crippen LogP contribution is 2.25. The SMILES string of the molecule is Fc1csc(-c2ccccc2)c1. The van der Waals surface area contributed by atoms with E-state index in [4.69, 9.17) is 0 Å². The zero-order chi connectivity index (χ0) is 8.39. The summed E-state index contributed by atoms with van der Waals surface area (Å²) in [6, 6.07) is 11.4. The quantitative estimate of drug-likeness (QED) is 0.626. The summed E-state index contributed by atoms with van der Waals surface area (Å²) in [6.07, 6.45) is 0. The van der Waals surface area contributed by atoms with Crippen LogP contribution >= 0.6 is 11.3 Å². The third-order valence-electron chi connectivity index (χ3n) is 1.63. The molecule has 2 rings (SSSR count). The lowest BCUT2D eigenvalue weighted by atomic mass is 10.2. The molecule has 1 heterocycles. The van der Waals surface area contributed by atoms with Crippen LogP contribution < -0.4 is 0 Å². The molecule has 2 heteroatoms. The van der Waals surface area contributed by atoms with Crippen molar-refractivity contribution in [2.45, 2.75) is 0 Å². The first-order valence-corrected chi connectivity index (χ1v) is 4.54. The molecule has 2 aromatic rings. The van der Waals surface area contributed by atoms with Gasteiger partial charge >= 0.3 is 0 Å². The van der Waals surface area contributed by atoms with E-state index < -0.39 is 0 Å². The van der Waals surface area contributed by atoms with E-state index in [1.165, 1.54) is 16.7 Å². The van der Waals surface area contributed by atoms with Gasteiger partial charge in [-0.3, -0.25) is 0 Å². The molecule has 0 spiro atoms. The Morgan fingerprint density at radius 2 is 1.83 bits per heavy atom. The van der Waals surface area contributed by atoms with E-state index in [2.05, 4.69) is 0 Å². The van der Waals surface area contributed by atoms with Crippen LogP contribution in [0.15, 0.2) is 41.8 Å². The van der Waals surface area contributed by atoms with Gasteiger partial charge in [0.05, 0.1) is 0 Å². The van der Waals surface area contributed by atoms with Gasteiger partial charge in [0.1, 0.15) is 5.82 Å². The van der Waals surface area contributed by atoms with Gasteiger partial charge in [0.15, 0.2) is 0 Å². The predicted molar refractivity (Wildman–Crippen MR) is 49.7 cm³/mol. The Hall–Kier alpha value is -1.15. The van der Waals surface area contributed by atoms with Crippen molar-refractivity contribution in [3.8, 4) is 10.4 Å². The number of hydrogen-bond donors (Lipinski definition) is 0. The fourth-order valence-electron chi connectivity index (χ4n) is 1.07. The van der Waals surface area contributed by atoms with Crippen LogP contribution in [0.1, 0.15) is 0 Å². The van der Waals surface area contributed by atoms with Crippen LogP contribution in [0.2, 0.25) is 0 Å². The molecule has 0 fully saturated rings. The van der Waals surface area contributed by atoms with Crippen LogP contribution in [0.5, 0.6) is 0 Å². The van der Waals surface area contributed by atoms with Gasteiger partial charge in [-0.05, 0) is 11.6 Å². The van der Waals surface area contributed by atoms with Crippen LogP contribution in [0.4, 0.5) is 4.39 Å². The smallest absolute Gasteiger partial charge is 0.134 e. The molecule has 0 saturated heterocycles. The first-order valence-electron chi connectivity index (χ1n) is 3.66.